The maximum Gasteiger partial charge on any atom is 0.289 e. The molecule has 0 bridgehead atoms. The van der Waals surface area contributed by atoms with E-state index in [0.717, 1.165) is 18.1 Å². The van der Waals surface area contributed by atoms with Crippen LogP contribution in [0.25, 0.3) is 0 Å². The molecule has 31 heavy (non-hydrogen) atoms. The van der Waals surface area contributed by atoms with E-state index in [0.29, 0.717) is 51.4 Å². The van der Waals surface area contributed by atoms with Crippen LogP contribution in [-0.2, 0) is 11.3 Å². The number of amides is 2. The second kappa shape index (κ2) is 13.0. The van der Waals surface area contributed by atoms with Crippen molar-refractivity contribution in [3.8, 4) is 0 Å². The zero-order valence-corrected chi connectivity index (χ0v) is 20.1. The van der Waals surface area contributed by atoms with Crippen LogP contribution < -0.4 is 10.6 Å². The third-order valence-electron chi connectivity index (χ3n) is 4.87. The van der Waals surface area contributed by atoms with E-state index in [4.69, 9.17) is 4.42 Å². The largest absolute Gasteiger partial charge is 0.459 e. The topological polar surface area (TPSA) is 90.2 Å². The van der Waals surface area contributed by atoms with Crippen molar-refractivity contribution >= 4 is 41.8 Å². The summed E-state index contributed by atoms with van der Waals surface area (Å²) in [5.74, 6) is 1.04. The number of rotatable bonds is 7. The normalized spacial score (nSPS) is 14.0. The Balaban J connectivity index is 0.00000341. The first-order chi connectivity index (χ1) is 14.7. The molecule has 0 radical (unpaired) electrons. The van der Waals surface area contributed by atoms with E-state index in [1.807, 2.05) is 37.3 Å². The number of furan rings is 1. The van der Waals surface area contributed by atoms with Crippen molar-refractivity contribution < 1.29 is 14.0 Å². The third-order valence-corrected chi connectivity index (χ3v) is 4.87. The Morgan fingerprint density at radius 3 is 2.35 bits per heavy atom. The zero-order chi connectivity index (χ0) is 21.2. The Labute approximate surface area is 200 Å². The molecule has 8 nitrogen and oxygen atoms in total. The summed E-state index contributed by atoms with van der Waals surface area (Å²) in [4.78, 5) is 33.0. The van der Waals surface area contributed by atoms with Crippen LogP contribution >= 0.6 is 24.0 Å². The molecule has 0 atom stereocenters. The number of guanidine groups is 1. The fourth-order valence-electron chi connectivity index (χ4n) is 3.25. The van der Waals surface area contributed by atoms with Crippen LogP contribution in [0, 0.1) is 0 Å². The lowest BCUT2D eigenvalue weighted by atomic mass is 10.2. The lowest BCUT2D eigenvalue weighted by Gasteiger charge is -2.36. The molecule has 168 valence electrons. The predicted octanol–water partition coefficient (Wildman–Crippen LogP) is 2.33. The fraction of sp³-hybridized carbons (Fsp3) is 0.409. The maximum absolute atomic E-state index is 12.4. The van der Waals surface area contributed by atoms with Crippen LogP contribution in [-0.4, -0.2) is 66.8 Å². The summed E-state index contributed by atoms with van der Waals surface area (Å²) >= 11 is 0. The van der Waals surface area contributed by atoms with Gasteiger partial charge in [-0.3, -0.25) is 14.6 Å². The first kappa shape index (κ1) is 24.7. The molecule has 0 aliphatic carbocycles. The molecule has 9 heteroatoms. The standard InChI is InChI=1S/C22H29N5O3.HI/c1-2-23-22(24-11-10-20(28)25-17-18-7-4-3-5-8-18)27-14-12-26(13-15-27)21(29)19-9-6-16-30-19;/h3-9,16H,2,10-15,17H2,1H3,(H,23,24)(H,25,28);1H. The highest BCUT2D eigenvalue weighted by atomic mass is 127. The molecule has 1 aromatic carbocycles. The van der Waals surface area contributed by atoms with Gasteiger partial charge in [0.1, 0.15) is 0 Å². The van der Waals surface area contributed by atoms with E-state index in [2.05, 4.69) is 20.5 Å². The molecule has 2 heterocycles. The Kier molecular flexibility index (Phi) is 10.3. The Morgan fingerprint density at radius 1 is 1.00 bits per heavy atom. The van der Waals surface area contributed by atoms with Crippen molar-refractivity contribution in [2.24, 2.45) is 4.99 Å². The van der Waals surface area contributed by atoms with Crippen molar-refractivity contribution in [3.63, 3.8) is 0 Å². The predicted molar refractivity (Wildman–Crippen MR) is 130 cm³/mol. The summed E-state index contributed by atoms with van der Waals surface area (Å²) in [7, 11) is 0. The highest BCUT2D eigenvalue weighted by Gasteiger charge is 2.25. The number of halogens is 1. The van der Waals surface area contributed by atoms with Crippen LogP contribution in [0.2, 0.25) is 0 Å². The number of carbonyl (C=O) groups excluding carboxylic acids is 2. The lowest BCUT2D eigenvalue weighted by molar-refractivity contribution is -0.121. The van der Waals surface area contributed by atoms with Crippen molar-refractivity contribution in [2.45, 2.75) is 19.9 Å². The van der Waals surface area contributed by atoms with E-state index >= 15 is 0 Å². The lowest BCUT2D eigenvalue weighted by Crippen LogP contribution is -2.53. The molecule has 2 N–H and O–H groups in total. The number of hydrogen-bond donors (Lipinski definition) is 2. The quantitative estimate of drug-likeness (QED) is 0.321. The highest BCUT2D eigenvalue weighted by Crippen LogP contribution is 2.09. The molecular formula is C22H30IN5O3. The van der Waals surface area contributed by atoms with Crippen molar-refractivity contribution in [2.75, 3.05) is 39.3 Å². The molecule has 0 unspecified atom stereocenters. The maximum atomic E-state index is 12.4. The average molecular weight is 539 g/mol. The molecule has 2 amide bonds. The average Bonchev–Trinajstić information content (AvgIpc) is 3.32. The number of nitrogens with one attached hydrogen (secondary N) is 2. The molecule has 0 spiro atoms. The number of benzene rings is 1. The fourth-order valence-corrected chi connectivity index (χ4v) is 3.25. The SMILES string of the molecule is CCNC(=NCCC(=O)NCc1ccccc1)N1CCN(C(=O)c2ccco2)CC1.I. The molecule has 2 aromatic rings. The Hall–Kier alpha value is -2.56. The summed E-state index contributed by atoms with van der Waals surface area (Å²) in [5, 5.41) is 6.20. The van der Waals surface area contributed by atoms with Crippen LogP contribution in [0.15, 0.2) is 58.1 Å². The molecular weight excluding hydrogens is 509 g/mol. The van der Waals surface area contributed by atoms with E-state index in [1.54, 1.807) is 17.0 Å². The van der Waals surface area contributed by atoms with Gasteiger partial charge in [-0.25, -0.2) is 0 Å². The van der Waals surface area contributed by atoms with Crippen LogP contribution in [0.3, 0.4) is 0 Å². The number of piperazine rings is 1. The minimum atomic E-state index is -0.0864. The first-order valence-corrected chi connectivity index (χ1v) is 10.3. The molecule has 3 rings (SSSR count). The van der Waals surface area contributed by atoms with Crippen LogP contribution in [0.4, 0.5) is 0 Å². The smallest absolute Gasteiger partial charge is 0.289 e. The van der Waals surface area contributed by atoms with Crippen molar-refractivity contribution in [1.82, 2.24) is 20.4 Å². The molecule has 1 aromatic heterocycles. The van der Waals surface area contributed by atoms with Gasteiger partial charge < -0.3 is 24.9 Å². The minimum absolute atomic E-state index is 0. The Bertz CT molecular complexity index is 834. The second-order valence-electron chi connectivity index (χ2n) is 7.00. The number of aliphatic imine (C=N–C) groups is 1. The van der Waals surface area contributed by atoms with Gasteiger partial charge in [0.2, 0.25) is 5.91 Å². The number of hydrogen-bond acceptors (Lipinski definition) is 4. The van der Waals surface area contributed by atoms with E-state index in [-0.39, 0.29) is 35.8 Å². The summed E-state index contributed by atoms with van der Waals surface area (Å²) < 4.78 is 5.21. The second-order valence-corrected chi connectivity index (χ2v) is 7.00. The Morgan fingerprint density at radius 2 is 1.71 bits per heavy atom. The zero-order valence-electron chi connectivity index (χ0n) is 17.8. The highest BCUT2D eigenvalue weighted by molar-refractivity contribution is 14.0. The van der Waals surface area contributed by atoms with Gasteiger partial charge in [-0.15, -0.1) is 24.0 Å². The van der Waals surface area contributed by atoms with Crippen molar-refractivity contribution in [3.05, 3.63) is 60.1 Å². The molecule has 0 saturated carbocycles. The molecule has 1 saturated heterocycles. The van der Waals surface area contributed by atoms with Gasteiger partial charge in [0.25, 0.3) is 5.91 Å². The van der Waals surface area contributed by atoms with Crippen LogP contribution in [0.1, 0.15) is 29.5 Å². The molecule has 1 aliphatic heterocycles. The third kappa shape index (κ3) is 7.57. The van der Waals surface area contributed by atoms with Crippen molar-refractivity contribution in [1.29, 1.82) is 0 Å². The van der Waals surface area contributed by atoms with E-state index < -0.39 is 0 Å². The summed E-state index contributed by atoms with van der Waals surface area (Å²) in [6.07, 6.45) is 1.84. The summed E-state index contributed by atoms with van der Waals surface area (Å²) in [6.45, 7) is 6.24. The van der Waals surface area contributed by atoms with Gasteiger partial charge in [0.15, 0.2) is 11.7 Å². The molecule has 1 aliphatic rings. The first-order valence-electron chi connectivity index (χ1n) is 10.3. The van der Waals surface area contributed by atoms with Gasteiger partial charge in [-0.2, -0.15) is 0 Å². The van der Waals surface area contributed by atoms with Gasteiger partial charge in [-0.1, -0.05) is 30.3 Å². The van der Waals surface area contributed by atoms with E-state index in [9.17, 15) is 9.59 Å². The molecule has 1 fully saturated rings. The van der Waals surface area contributed by atoms with E-state index in [1.165, 1.54) is 6.26 Å². The van der Waals surface area contributed by atoms with Gasteiger partial charge in [0, 0.05) is 45.7 Å². The number of nitrogens with zero attached hydrogens (tertiary/aromatic N) is 3. The van der Waals surface area contributed by atoms with Crippen LogP contribution in [0.5, 0.6) is 0 Å². The summed E-state index contributed by atoms with van der Waals surface area (Å²) in [5.41, 5.74) is 1.07. The number of carbonyl (C=O) groups is 2. The van der Waals surface area contributed by atoms with Gasteiger partial charge in [-0.05, 0) is 24.6 Å². The summed E-state index contributed by atoms with van der Waals surface area (Å²) in [6, 6.07) is 13.2. The monoisotopic (exact) mass is 539 g/mol. The van der Waals surface area contributed by atoms with Gasteiger partial charge >= 0.3 is 0 Å². The van der Waals surface area contributed by atoms with Gasteiger partial charge in [0.05, 0.1) is 12.8 Å². The minimum Gasteiger partial charge on any atom is -0.459 e.